The molecule has 0 amide bonds. The molecule has 2 aliphatic rings. The van der Waals surface area contributed by atoms with Gasteiger partial charge in [0.05, 0.1) is 28.2 Å². The quantitative estimate of drug-likeness (QED) is 0.671. The van der Waals surface area contributed by atoms with Crippen LogP contribution < -0.4 is 15.6 Å². The van der Waals surface area contributed by atoms with E-state index in [1.54, 1.807) is 6.92 Å². The summed E-state index contributed by atoms with van der Waals surface area (Å²) in [6.45, 7) is 7.12. The number of nitrogens with zero attached hydrogens (tertiary/aromatic N) is 2. The molecule has 1 atom stereocenters. The first-order chi connectivity index (χ1) is 14.5. The van der Waals surface area contributed by atoms with Gasteiger partial charge in [0.1, 0.15) is 11.4 Å². The van der Waals surface area contributed by atoms with Crippen LogP contribution in [0, 0.1) is 11.7 Å². The Morgan fingerprint density at radius 1 is 1.33 bits per heavy atom. The van der Waals surface area contributed by atoms with E-state index >= 15 is 4.39 Å². The van der Waals surface area contributed by atoms with Gasteiger partial charge in [0, 0.05) is 25.3 Å². The van der Waals surface area contributed by atoms with Gasteiger partial charge < -0.3 is 19.5 Å². The number of nitrogens with one attached hydrogen (secondary N) is 1. The Labute approximate surface area is 179 Å². The zero-order chi connectivity index (χ0) is 21.4. The van der Waals surface area contributed by atoms with Crippen molar-refractivity contribution < 1.29 is 13.9 Å². The molecule has 1 N–H and O–H groups in total. The third-order valence-electron chi connectivity index (χ3n) is 5.90. The van der Waals surface area contributed by atoms with Crippen LogP contribution in [0.2, 0.25) is 5.02 Å². The molecule has 2 aromatic rings. The van der Waals surface area contributed by atoms with Crippen LogP contribution in [0.3, 0.4) is 0 Å². The third kappa shape index (κ3) is 3.81. The molecule has 1 aliphatic heterocycles. The summed E-state index contributed by atoms with van der Waals surface area (Å²) in [5.74, 6) is -0.796. The van der Waals surface area contributed by atoms with Gasteiger partial charge in [0.15, 0.2) is 0 Å². The SMILES string of the molecule is CCNCC1CCN(c2c(F)cc3c(=O)c(C(=O)OCC)cn(C4CC4)c3c2Cl)C1. The normalized spacial score (nSPS) is 18.9. The largest absolute Gasteiger partial charge is 0.462 e. The van der Waals surface area contributed by atoms with Crippen molar-refractivity contribution in [3.8, 4) is 0 Å². The predicted molar refractivity (Wildman–Crippen MR) is 116 cm³/mol. The maximum absolute atomic E-state index is 15.2. The van der Waals surface area contributed by atoms with E-state index < -0.39 is 17.2 Å². The Bertz CT molecular complexity index is 1030. The van der Waals surface area contributed by atoms with Crippen molar-refractivity contribution in [3.05, 3.63) is 38.9 Å². The molecule has 1 saturated heterocycles. The van der Waals surface area contributed by atoms with E-state index in [1.165, 1.54) is 12.3 Å². The van der Waals surface area contributed by atoms with E-state index in [0.29, 0.717) is 30.2 Å². The molecule has 8 heteroatoms. The van der Waals surface area contributed by atoms with Crippen LogP contribution in [0.15, 0.2) is 17.1 Å². The zero-order valence-corrected chi connectivity index (χ0v) is 18.1. The van der Waals surface area contributed by atoms with E-state index in [2.05, 4.69) is 12.2 Å². The molecule has 2 heterocycles. The summed E-state index contributed by atoms with van der Waals surface area (Å²) >= 11 is 6.75. The fourth-order valence-corrected chi connectivity index (χ4v) is 4.68. The van der Waals surface area contributed by atoms with Crippen LogP contribution in [-0.2, 0) is 4.74 Å². The first kappa shape index (κ1) is 21.1. The van der Waals surface area contributed by atoms with E-state index in [9.17, 15) is 9.59 Å². The fraction of sp³-hybridized carbons (Fsp3) is 0.545. The molecule has 6 nitrogen and oxygen atoms in total. The second kappa shape index (κ2) is 8.55. The number of carbonyl (C=O) groups excluding carboxylic acids is 1. The highest BCUT2D eigenvalue weighted by Gasteiger charge is 2.32. The number of benzene rings is 1. The summed E-state index contributed by atoms with van der Waals surface area (Å²) in [4.78, 5) is 27.3. The van der Waals surface area contributed by atoms with Crippen LogP contribution in [0.1, 0.15) is 49.5 Å². The van der Waals surface area contributed by atoms with Crippen LogP contribution in [0.4, 0.5) is 10.1 Å². The molecular formula is C22H27ClFN3O3. The minimum atomic E-state index is -0.690. The van der Waals surface area contributed by atoms with Gasteiger partial charge in [-0.3, -0.25) is 4.79 Å². The Morgan fingerprint density at radius 3 is 2.77 bits per heavy atom. The molecular weight excluding hydrogens is 409 g/mol. The van der Waals surface area contributed by atoms with Gasteiger partial charge in [-0.05, 0) is 51.3 Å². The van der Waals surface area contributed by atoms with Gasteiger partial charge in [-0.1, -0.05) is 18.5 Å². The molecule has 1 aromatic carbocycles. The Balaban J connectivity index is 1.82. The third-order valence-corrected chi connectivity index (χ3v) is 6.26. The number of carbonyl (C=O) groups is 1. The monoisotopic (exact) mass is 435 g/mol. The number of rotatable bonds is 7. The number of pyridine rings is 1. The number of hydrogen-bond donors (Lipinski definition) is 1. The van der Waals surface area contributed by atoms with Crippen LogP contribution in [0.25, 0.3) is 10.9 Å². The van der Waals surface area contributed by atoms with Crippen molar-refractivity contribution in [1.82, 2.24) is 9.88 Å². The van der Waals surface area contributed by atoms with Crippen molar-refractivity contribution in [2.45, 2.75) is 39.2 Å². The number of ether oxygens (including phenoxy) is 1. The first-order valence-electron chi connectivity index (χ1n) is 10.7. The van der Waals surface area contributed by atoms with Crippen molar-refractivity contribution in [2.24, 2.45) is 5.92 Å². The molecule has 0 radical (unpaired) electrons. The molecule has 1 saturated carbocycles. The second-order valence-electron chi connectivity index (χ2n) is 8.06. The van der Waals surface area contributed by atoms with E-state index in [1.807, 2.05) is 9.47 Å². The minimum Gasteiger partial charge on any atom is -0.462 e. The number of fused-ring (bicyclic) bond motifs is 1. The Morgan fingerprint density at radius 2 is 2.10 bits per heavy atom. The molecule has 30 heavy (non-hydrogen) atoms. The summed E-state index contributed by atoms with van der Waals surface area (Å²) in [6, 6.07) is 1.38. The van der Waals surface area contributed by atoms with E-state index in [-0.39, 0.29) is 28.6 Å². The molecule has 4 rings (SSSR count). The molecule has 162 valence electrons. The lowest BCUT2D eigenvalue weighted by Gasteiger charge is -2.23. The Hall–Kier alpha value is -2.12. The van der Waals surface area contributed by atoms with Gasteiger partial charge in [-0.2, -0.15) is 0 Å². The van der Waals surface area contributed by atoms with Crippen molar-refractivity contribution >= 4 is 34.2 Å². The Kier molecular flexibility index (Phi) is 6.02. The average molecular weight is 436 g/mol. The topological polar surface area (TPSA) is 63.6 Å². The number of aromatic nitrogens is 1. The molecule has 2 fully saturated rings. The van der Waals surface area contributed by atoms with Gasteiger partial charge in [0.25, 0.3) is 0 Å². The average Bonchev–Trinajstić information content (AvgIpc) is 3.46. The highest BCUT2D eigenvalue weighted by molar-refractivity contribution is 6.38. The summed E-state index contributed by atoms with van der Waals surface area (Å²) < 4.78 is 22.1. The fourth-order valence-electron chi connectivity index (χ4n) is 4.27. The van der Waals surface area contributed by atoms with Gasteiger partial charge >= 0.3 is 5.97 Å². The van der Waals surface area contributed by atoms with Crippen molar-refractivity contribution in [1.29, 1.82) is 0 Å². The van der Waals surface area contributed by atoms with E-state index in [0.717, 1.165) is 32.4 Å². The standard InChI is InChI=1S/C22H27ClFN3O3/c1-3-25-10-13-7-8-26(11-13)20-17(24)9-15-19(18(20)23)27(14-5-6-14)12-16(21(15)28)22(29)30-4-2/h9,12-14,25H,3-8,10-11H2,1-2H3. The number of hydrogen-bond acceptors (Lipinski definition) is 5. The number of halogens is 2. The smallest absolute Gasteiger partial charge is 0.343 e. The lowest BCUT2D eigenvalue weighted by Crippen LogP contribution is -2.27. The molecule has 1 aromatic heterocycles. The van der Waals surface area contributed by atoms with Gasteiger partial charge in [-0.25, -0.2) is 9.18 Å². The van der Waals surface area contributed by atoms with E-state index in [4.69, 9.17) is 16.3 Å². The molecule has 0 spiro atoms. The summed E-state index contributed by atoms with van der Waals surface area (Å²) in [5, 5.41) is 3.72. The highest BCUT2D eigenvalue weighted by atomic mass is 35.5. The first-order valence-corrected chi connectivity index (χ1v) is 11.0. The minimum absolute atomic E-state index is 0.0775. The number of esters is 1. The summed E-state index contributed by atoms with van der Waals surface area (Å²) in [6.07, 6.45) is 4.35. The van der Waals surface area contributed by atoms with Gasteiger partial charge in [-0.15, -0.1) is 0 Å². The van der Waals surface area contributed by atoms with Crippen LogP contribution in [-0.4, -0.2) is 43.3 Å². The molecule has 1 unspecified atom stereocenters. The molecule has 0 bridgehead atoms. The second-order valence-corrected chi connectivity index (χ2v) is 8.43. The van der Waals surface area contributed by atoms with Crippen LogP contribution >= 0.6 is 11.6 Å². The maximum Gasteiger partial charge on any atom is 0.343 e. The number of anilines is 1. The lowest BCUT2D eigenvalue weighted by molar-refractivity contribution is 0.0524. The van der Waals surface area contributed by atoms with Crippen molar-refractivity contribution in [2.75, 3.05) is 37.7 Å². The maximum atomic E-state index is 15.2. The highest BCUT2D eigenvalue weighted by Crippen LogP contribution is 2.43. The molecule has 1 aliphatic carbocycles. The zero-order valence-electron chi connectivity index (χ0n) is 17.3. The summed E-state index contributed by atoms with van der Waals surface area (Å²) in [7, 11) is 0. The lowest BCUT2D eigenvalue weighted by atomic mass is 10.1. The van der Waals surface area contributed by atoms with Gasteiger partial charge in [0.2, 0.25) is 5.43 Å². The predicted octanol–water partition coefficient (Wildman–Crippen LogP) is 3.74. The summed E-state index contributed by atoms with van der Waals surface area (Å²) in [5.41, 5.74) is 0.232. The van der Waals surface area contributed by atoms with Crippen molar-refractivity contribution in [3.63, 3.8) is 0 Å². The van der Waals surface area contributed by atoms with Crippen LogP contribution in [0.5, 0.6) is 0 Å².